The van der Waals surface area contributed by atoms with Crippen LogP contribution in [0, 0.1) is 12.8 Å². The molecule has 0 spiro atoms. The van der Waals surface area contributed by atoms with E-state index in [1.54, 1.807) is 0 Å². The van der Waals surface area contributed by atoms with Crippen molar-refractivity contribution in [2.75, 3.05) is 6.54 Å². The zero-order chi connectivity index (χ0) is 19.7. The van der Waals surface area contributed by atoms with Crippen LogP contribution < -0.4 is 5.32 Å². The summed E-state index contributed by atoms with van der Waals surface area (Å²) in [6.07, 6.45) is 5.80. The van der Waals surface area contributed by atoms with Crippen molar-refractivity contribution in [1.29, 1.82) is 0 Å². The first-order valence-corrected chi connectivity index (χ1v) is 10.0. The van der Waals surface area contributed by atoms with Gasteiger partial charge in [-0.3, -0.25) is 4.98 Å². The smallest absolute Gasteiger partial charge is 0.170 e. The van der Waals surface area contributed by atoms with Crippen molar-refractivity contribution in [2.24, 2.45) is 5.92 Å². The van der Waals surface area contributed by atoms with Gasteiger partial charge in [0.05, 0.1) is 17.8 Å². The van der Waals surface area contributed by atoms with Gasteiger partial charge in [-0.1, -0.05) is 26.0 Å². The van der Waals surface area contributed by atoms with Crippen molar-refractivity contribution in [3.8, 4) is 5.82 Å². The van der Waals surface area contributed by atoms with Crippen molar-refractivity contribution < 1.29 is 0 Å². The van der Waals surface area contributed by atoms with Crippen LogP contribution in [-0.4, -0.2) is 31.1 Å². The van der Waals surface area contributed by atoms with Gasteiger partial charge in [-0.15, -0.1) is 0 Å². The van der Waals surface area contributed by atoms with Gasteiger partial charge in [-0.05, 0) is 61.0 Å². The molecule has 0 radical (unpaired) electrons. The second kappa shape index (κ2) is 7.72. The Balaban J connectivity index is 1.80. The van der Waals surface area contributed by atoms with E-state index >= 15 is 0 Å². The summed E-state index contributed by atoms with van der Waals surface area (Å²) in [5, 5.41) is 4.29. The van der Waals surface area contributed by atoms with E-state index in [4.69, 9.17) is 12.2 Å². The number of nitrogens with zero attached hydrogens (tertiary/aromatic N) is 4. The summed E-state index contributed by atoms with van der Waals surface area (Å²) in [6, 6.07) is 14.4. The Kier molecular flexibility index (Phi) is 5.13. The Morgan fingerprint density at radius 3 is 2.64 bits per heavy atom. The lowest BCUT2D eigenvalue weighted by molar-refractivity contribution is 0.280. The third-order valence-corrected chi connectivity index (χ3v) is 5.34. The molecule has 144 valence electrons. The highest BCUT2D eigenvalue weighted by molar-refractivity contribution is 7.80. The average Bonchev–Trinajstić information content (AvgIpc) is 3.28. The van der Waals surface area contributed by atoms with Crippen LogP contribution in [-0.2, 0) is 0 Å². The predicted octanol–water partition coefficient (Wildman–Crippen LogP) is 4.20. The number of hydrogen-bond donors (Lipinski definition) is 1. The number of hydrogen-bond acceptors (Lipinski definition) is 3. The highest BCUT2D eigenvalue weighted by Gasteiger charge is 2.41. The summed E-state index contributed by atoms with van der Waals surface area (Å²) in [4.78, 5) is 11.5. The van der Waals surface area contributed by atoms with Crippen LogP contribution in [0.4, 0.5) is 0 Å². The molecule has 6 heteroatoms. The summed E-state index contributed by atoms with van der Waals surface area (Å²) >= 11 is 5.73. The Morgan fingerprint density at radius 1 is 1.11 bits per heavy atom. The maximum absolute atomic E-state index is 5.73. The molecule has 0 bridgehead atoms. The monoisotopic (exact) mass is 391 g/mol. The van der Waals surface area contributed by atoms with Crippen molar-refractivity contribution in [1.82, 2.24) is 24.8 Å². The highest BCUT2D eigenvalue weighted by atomic mass is 32.1. The van der Waals surface area contributed by atoms with Gasteiger partial charge >= 0.3 is 0 Å². The molecule has 3 aromatic rings. The zero-order valence-corrected chi connectivity index (χ0v) is 17.2. The van der Waals surface area contributed by atoms with Gasteiger partial charge in [0, 0.05) is 30.8 Å². The van der Waals surface area contributed by atoms with E-state index in [0.717, 1.165) is 34.4 Å². The van der Waals surface area contributed by atoms with Crippen LogP contribution in [0.25, 0.3) is 5.82 Å². The minimum atomic E-state index is -0.00783. The van der Waals surface area contributed by atoms with Gasteiger partial charge in [0.15, 0.2) is 5.11 Å². The fourth-order valence-corrected chi connectivity index (χ4v) is 4.08. The molecular weight excluding hydrogens is 366 g/mol. The van der Waals surface area contributed by atoms with Gasteiger partial charge in [0.1, 0.15) is 5.82 Å². The lowest BCUT2D eigenvalue weighted by Crippen LogP contribution is -2.33. The first-order chi connectivity index (χ1) is 13.5. The van der Waals surface area contributed by atoms with Gasteiger partial charge in [-0.25, -0.2) is 4.98 Å². The summed E-state index contributed by atoms with van der Waals surface area (Å²) < 4.78 is 2.16. The van der Waals surface area contributed by atoms with E-state index in [9.17, 15) is 0 Å². The molecule has 1 aliphatic rings. The van der Waals surface area contributed by atoms with Crippen LogP contribution in [0.5, 0.6) is 0 Å². The lowest BCUT2D eigenvalue weighted by Gasteiger charge is -2.30. The molecule has 0 aromatic carbocycles. The maximum atomic E-state index is 5.73. The summed E-state index contributed by atoms with van der Waals surface area (Å²) in [5.74, 6) is 1.40. The van der Waals surface area contributed by atoms with Gasteiger partial charge < -0.3 is 14.8 Å². The number of rotatable bonds is 5. The predicted molar refractivity (Wildman–Crippen MR) is 115 cm³/mol. The molecule has 5 nitrogen and oxygen atoms in total. The summed E-state index contributed by atoms with van der Waals surface area (Å²) in [7, 11) is 0. The van der Waals surface area contributed by atoms with Crippen LogP contribution in [0.3, 0.4) is 0 Å². The Labute approximate surface area is 171 Å². The van der Waals surface area contributed by atoms with Crippen LogP contribution in [0.15, 0.2) is 61.1 Å². The first kappa shape index (κ1) is 18.6. The van der Waals surface area contributed by atoms with Crippen LogP contribution in [0.1, 0.15) is 42.9 Å². The maximum Gasteiger partial charge on any atom is 0.170 e. The molecular formula is C22H25N5S. The van der Waals surface area contributed by atoms with Crippen molar-refractivity contribution in [3.05, 3.63) is 78.0 Å². The standard InChI is InChI=1S/C22H25N5S/c1-15(2)14-27-21(20(25-22(27)28)17-7-4-5-11-23-17)18-8-6-12-26(18)19-10-9-16(3)13-24-19/h4-13,15,20-21H,14H2,1-3H3,(H,25,28)/t20-,21+/m1/s1. The van der Waals surface area contributed by atoms with E-state index in [0.29, 0.717) is 5.92 Å². The number of aromatic nitrogens is 3. The third-order valence-electron chi connectivity index (χ3n) is 4.99. The van der Waals surface area contributed by atoms with Crippen molar-refractivity contribution >= 4 is 17.3 Å². The average molecular weight is 392 g/mol. The summed E-state index contributed by atoms with van der Waals surface area (Å²) in [5.41, 5.74) is 3.29. The highest BCUT2D eigenvalue weighted by Crippen LogP contribution is 2.39. The van der Waals surface area contributed by atoms with Gasteiger partial charge in [0.2, 0.25) is 0 Å². The fraction of sp³-hybridized carbons (Fsp3) is 0.318. The minimum Gasteiger partial charge on any atom is -0.352 e. The van der Waals surface area contributed by atoms with Gasteiger partial charge in [-0.2, -0.15) is 0 Å². The molecule has 1 saturated heterocycles. The van der Waals surface area contributed by atoms with E-state index in [2.05, 4.69) is 75.1 Å². The fourth-order valence-electron chi connectivity index (χ4n) is 3.76. The molecule has 4 heterocycles. The molecule has 28 heavy (non-hydrogen) atoms. The normalized spacial score (nSPS) is 19.3. The molecule has 3 aromatic heterocycles. The second-order valence-electron chi connectivity index (χ2n) is 7.67. The van der Waals surface area contributed by atoms with Crippen LogP contribution in [0.2, 0.25) is 0 Å². The molecule has 1 fully saturated rings. The number of nitrogens with one attached hydrogen (secondary N) is 1. The SMILES string of the molecule is Cc1ccc(-n2cccc2[C@H]2[C@@H](c3ccccn3)NC(=S)N2CC(C)C)nc1. The largest absolute Gasteiger partial charge is 0.352 e. The number of pyridine rings is 2. The third kappa shape index (κ3) is 3.52. The topological polar surface area (TPSA) is 46.0 Å². The van der Waals surface area contributed by atoms with E-state index in [1.165, 1.54) is 0 Å². The van der Waals surface area contributed by atoms with E-state index in [-0.39, 0.29) is 12.1 Å². The minimum absolute atomic E-state index is 0.00783. The molecule has 4 rings (SSSR count). The molecule has 1 N–H and O–H groups in total. The summed E-state index contributed by atoms with van der Waals surface area (Å²) in [6.45, 7) is 7.36. The quantitative estimate of drug-likeness (QED) is 0.661. The Bertz CT molecular complexity index is 949. The Morgan fingerprint density at radius 2 is 1.96 bits per heavy atom. The lowest BCUT2D eigenvalue weighted by atomic mass is 10.0. The van der Waals surface area contributed by atoms with Crippen molar-refractivity contribution in [3.63, 3.8) is 0 Å². The van der Waals surface area contributed by atoms with Crippen LogP contribution >= 0.6 is 12.2 Å². The molecule has 0 saturated carbocycles. The Hall–Kier alpha value is -2.73. The van der Waals surface area contributed by atoms with Crippen molar-refractivity contribution in [2.45, 2.75) is 32.9 Å². The van der Waals surface area contributed by atoms with E-state index < -0.39 is 0 Å². The molecule has 1 aliphatic heterocycles. The zero-order valence-electron chi connectivity index (χ0n) is 16.4. The molecule has 0 amide bonds. The molecule has 0 unspecified atom stereocenters. The molecule has 0 aliphatic carbocycles. The number of thiocarbonyl (C=S) groups is 1. The number of aryl methyl sites for hydroxylation is 1. The first-order valence-electron chi connectivity index (χ1n) is 9.63. The van der Waals surface area contributed by atoms with E-state index in [1.807, 2.05) is 31.5 Å². The second-order valence-corrected chi connectivity index (χ2v) is 8.06. The molecule has 2 atom stereocenters. The van der Waals surface area contributed by atoms with Gasteiger partial charge in [0.25, 0.3) is 0 Å².